The predicted octanol–water partition coefficient (Wildman–Crippen LogP) is 0.656. The van der Waals surface area contributed by atoms with Gasteiger partial charge in [-0.1, -0.05) is 0 Å². The number of nitrogens with one attached hydrogen (secondary N) is 2. The summed E-state index contributed by atoms with van der Waals surface area (Å²) in [6, 6.07) is 1.04. The molecule has 4 N–H and O–H groups in total. The minimum Gasteiger partial charge on any atom is -0.381 e. The van der Waals surface area contributed by atoms with Gasteiger partial charge in [0.2, 0.25) is 5.91 Å². The molecule has 0 saturated heterocycles. The van der Waals surface area contributed by atoms with Gasteiger partial charge in [-0.3, -0.25) is 4.79 Å². The second-order valence-corrected chi connectivity index (χ2v) is 3.29. The molecule has 1 amide bonds. The van der Waals surface area contributed by atoms with Crippen LogP contribution in [0.5, 0.6) is 0 Å². The van der Waals surface area contributed by atoms with E-state index in [4.69, 9.17) is 5.73 Å². The molecular weight excluding hydrogens is 204 g/mol. The SMILES string of the molecule is N[C@H]1CNc2cc(F)cc(F)c2NC1=O. The quantitative estimate of drug-likeness (QED) is 0.593. The Balaban J connectivity index is 2.47. The van der Waals surface area contributed by atoms with Crippen molar-refractivity contribution < 1.29 is 13.6 Å². The molecule has 1 heterocycles. The summed E-state index contributed by atoms with van der Waals surface area (Å²) in [5.74, 6) is -2.02. The lowest BCUT2D eigenvalue weighted by Crippen LogP contribution is -2.39. The summed E-state index contributed by atoms with van der Waals surface area (Å²) in [4.78, 5) is 11.3. The van der Waals surface area contributed by atoms with Crippen LogP contribution in [0.25, 0.3) is 0 Å². The summed E-state index contributed by atoms with van der Waals surface area (Å²) in [5.41, 5.74) is 5.60. The van der Waals surface area contributed by atoms with E-state index >= 15 is 0 Å². The van der Waals surface area contributed by atoms with Gasteiger partial charge in [0.1, 0.15) is 17.5 Å². The summed E-state index contributed by atoms with van der Waals surface area (Å²) < 4.78 is 26.1. The highest BCUT2D eigenvalue weighted by Crippen LogP contribution is 2.28. The van der Waals surface area contributed by atoms with Gasteiger partial charge >= 0.3 is 0 Å². The second kappa shape index (κ2) is 3.47. The van der Waals surface area contributed by atoms with E-state index in [2.05, 4.69) is 10.6 Å². The number of hydrogen-bond donors (Lipinski definition) is 3. The molecule has 0 spiro atoms. The van der Waals surface area contributed by atoms with Crippen LogP contribution in [0.15, 0.2) is 12.1 Å². The number of rotatable bonds is 0. The van der Waals surface area contributed by atoms with Crippen LogP contribution in [0.4, 0.5) is 20.2 Å². The predicted molar refractivity (Wildman–Crippen MR) is 51.5 cm³/mol. The number of carbonyl (C=O) groups excluding carboxylic acids is 1. The largest absolute Gasteiger partial charge is 0.381 e. The van der Waals surface area contributed by atoms with E-state index < -0.39 is 23.6 Å². The van der Waals surface area contributed by atoms with E-state index in [1.54, 1.807) is 0 Å². The number of amides is 1. The first-order valence-corrected chi connectivity index (χ1v) is 4.37. The van der Waals surface area contributed by atoms with Crippen molar-refractivity contribution in [1.82, 2.24) is 0 Å². The summed E-state index contributed by atoms with van der Waals surface area (Å²) in [7, 11) is 0. The fraction of sp³-hybridized carbons (Fsp3) is 0.222. The fourth-order valence-electron chi connectivity index (χ4n) is 1.37. The molecule has 1 aliphatic heterocycles. The van der Waals surface area contributed by atoms with Crippen LogP contribution < -0.4 is 16.4 Å². The lowest BCUT2D eigenvalue weighted by Gasteiger charge is -2.08. The fourth-order valence-corrected chi connectivity index (χ4v) is 1.37. The molecule has 0 saturated carbocycles. The molecule has 1 aromatic rings. The zero-order chi connectivity index (χ0) is 11.0. The Morgan fingerprint density at radius 2 is 2.13 bits per heavy atom. The van der Waals surface area contributed by atoms with Crippen molar-refractivity contribution in [2.24, 2.45) is 5.73 Å². The maximum Gasteiger partial charge on any atom is 0.243 e. The lowest BCUT2D eigenvalue weighted by atomic mass is 10.2. The summed E-state index contributed by atoms with van der Waals surface area (Å²) in [5, 5.41) is 5.00. The molecule has 80 valence electrons. The molecule has 0 unspecified atom stereocenters. The Morgan fingerprint density at radius 1 is 1.40 bits per heavy atom. The smallest absolute Gasteiger partial charge is 0.243 e. The highest BCUT2D eigenvalue weighted by Gasteiger charge is 2.22. The first-order valence-electron chi connectivity index (χ1n) is 4.37. The molecule has 15 heavy (non-hydrogen) atoms. The van der Waals surface area contributed by atoms with Gasteiger partial charge in [0.25, 0.3) is 0 Å². The van der Waals surface area contributed by atoms with Gasteiger partial charge in [-0.05, 0) is 6.07 Å². The van der Waals surface area contributed by atoms with Crippen molar-refractivity contribution in [3.05, 3.63) is 23.8 Å². The molecule has 0 radical (unpaired) electrons. The number of benzene rings is 1. The van der Waals surface area contributed by atoms with Crippen LogP contribution >= 0.6 is 0 Å². The van der Waals surface area contributed by atoms with E-state index in [9.17, 15) is 13.6 Å². The third kappa shape index (κ3) is 1.75. The molecule has 0 fully saturated rings. The van der Waals surface area contributed by atoms with Crippen molar-refractivity contribution in [3.8, 4) is 0 Å². The van der Waals surface area contributed by atoms with Crippen LogP contribution in [-0.2, 0) is 4.79 Å². The highest BCUT2D eigenvalue weighted by molar-refractivity contribution is 5.99. The molecule has 4 nitrogen and oxygen atoms in total. The maximum atomic E-state index is 13.3. The van der Waals surface area contributed by atoms with E-state index in [1.165, 1.54) is 0 Å². The Hall–Kier alpha value is -1.69. The van der Waals surface area contributed by atoms with Gasteiger partial charge in [-0.15, -0.1) is 0 Å². The molecular formula is C9H9F2N3O. The van der Waals surface area contributed by atoms with Crippen molar-refractivity contribution in [2.45, 2.75) is 6.04 Å². The zero-order valence-electron chi connectivity index (χ0n) is 7.68. The van der Waals surface area contributed by atoms with Crippen LogP contribution in [0.1, 0.15) is 0 Å². The molecule has 6 heteroatoms. The Morgan fingerprint density at radius 3 is 2.87 bits per heavy atom. The van der Waals surface area contributed by atoms with Crippen LogP contribution in [-0.4, -0.2) is 18.5 Å². The number of anilines is 2. The Kier molecular flexibility index (Phi) is 2.28. The Bertz CT molecular complexity index is 422. The molecule has 1 aliphatic rings. The van der Waals surface area contributed by atoms with Crippen molar-refractivity contribution in [3.63, 3.8) is 0 Å². The number of halogens is 2. The molecule has 0 aliphatic carbocycles. The average molecular weight is 213 g/mol. The molecule has 0 bridgehead atoms. The van der Waals surface area contributed by atoms with Crippen LogP contribution in [0.3, 0.4) is 0 Å². The zero-order valence-corrected chi connectivity index (χ0v) is 7.68. The first-order chi connectivity index (χ1) is 7.08. The van der Waals surface area contributed by atoms with Crippen LogP contribution in [0.2, 0.25) is 0 Å². The third-order valence-corrected chi connectivity index (χ3v) is 2.15. The second-order valence-electron chi connectivity index (χ2n) is 3.29. The minimum atomic E-state index is -0.819. The van der Waals surface area contributed by atoms with Gasteiger partial charge in [-0.2, -0.15) is 0 Å². The summed E-state index contributed by atoms with van der Waals surface area (Å²) >= 11 is 0. The van der Waals surface area contributed by atoms with Crippen molar-refractivity contribution in [1.29, 1.82) is 0 Å². The van der Waals surface area contributed by atoms with Gasteiger partial charge in [0, 0.05) is 12.6 Å². The average Bonchev–Trinajstić information content (AvgIpc) is 2.30. The monoisotopic (exact) mass is 213 g/mol. The number of nitrogens with two attached hydrogens (primary N) is 1. The molecule has 2 rings (SSSR count). The van der Waals surface area contributed by atoms with E-state index in [0.717, 1.165) is 6.07 Å². The van der Waals surface area contributed by atoms with Crippen molar-refractivity contribution >= 4 is 17.3 Å². The molecule has 0 aromatic heterocycles. The number of hydrogen-bond acceptors (Lipinski definition) is 3. The van der Waals surface area contributed by atoms with Gasteiger partial charge in [0.05, 0.1) is 5.69 Å². The van der Waals surface area contributed by atoms with E-state index in [0.29, 0.717) is 6.07 Å². The molecule has 1 atom stereocenters. The topological polar surface area (TPSA) is 67.2 Å². The third-order valence-electron chi connectivity index (χ3n) is 2.15. The standard InChI is InChI=1S/C9H9F2N3O/c10-4-1-5(11)8-7(2-4)13-3-6(12)9(15)14-8/h1-2,6,13H,3,12H2,(H,14,15)/t6-/m0/s1. The highest BCUT2D eigenvalue weighted by atomic mass is 19.1. The first kappa shape index (κ1) is 9.85. The van der Waals surface area contributed by atoms with Gasteiger partial charge in [-0.25, -0.2) is 8.78 Å². The minimum absolute atomic E-state index is 0.0608. The van der Waals surface area contributed by atoms with E-state index in [-0.39, 0.29) is 17.9 Å². The van der Waals surface area contributed by atoms with Crippen LogP contribution in [0, 0.1) is 11.6 Å². The van der Waals surface area contributed by atoms with E-state index in [1.807, 2.05) is 0 Å². The normalized spacial score (nSPS) is 19.9. The summed E-state index contributed by atoms with van der Waals surface area (Å²) in [6.07, 6.45) is 0. The van der Waals surface area contributed by atoms with Gasteiger partial charge < -0.3 is 16.4 Å². The van der Waals surface area contributed by atoms with Gasteiger partial charge in [0.15, 0.2) is 5.82 Å². The summed E-state index contributed by atoms with van der Waals surface area (Å²) in [6.45, 7) is 0.141. The Labute approximate surface area is 84.5 Å². The van der Waals surface area contributed by atoms with Crippen molar-refractivity contribution in [2.75, 3.05) is 17.2 Å². The number of carbonyl (C=O) groups is 1. The number of fused-ring (bicyclic) bond motifs is 1. The molecule has 1 aromatic carbocycles. The lowest BCUT2D eigenvalue weighted by molar-refractivity contribution is -0.117. The maximum absolute atomic E-state index is 13.3.